The van der Waals surface area contributed by atoms with Crippen molar-refractivity contribution in [3.63, 3.8) is 0 Å². The number of benzene rings is 1. The minimum Gasteiger partial charge on any atom is -0.444 e. The normalized spacial score (nSPS) is 18.0. The Kier molecular flexibility index (Phi) is 5.83. The molecule has 1 unspecified atom stereocenters. The molecular weight excluding hydrogens is 384 g/mol. The summed E-state index contributed by atoms with van der Waals surface area (Å²) in [7, 11) is 0. The Balaban J connectivity index is 1.84. The zero-order valence-electron chi connectivity index (χ0n) is 16.6. The Bertz CT molecular complexity index is 830. The first-order valence-electron chi connectivity index (χ1n) is 9.42. The van der Waals surface area contributed by atoms with Gasteiger partial charge in [0.1, 0.15) is 5.60 Å². The Hall–Kier alpha value is -2.62. The molecule has 1 saturated heterocycles. The fraction of sp³-hybridized carbons (Fsp3) is 0.579. The number of alkyl halides is 2. The molecule has 158 valence electrons. The Labute approximate surface area is 167 Å². The summed E-state index contributed by atoms with van der Waals surface area (Å²) in [6.45, 7) is 2.96. The second kappa shape index (κ2) is 8.02. The quantitative estimate of drug-likeness (QED) is 0.835. The van der Waals surface area contributed by atoms with Crippen molar-refractivity contribution in [1.82, 2.24) is 25.1 Å². The summed E-state index contributed by atoms with van der Waals surface area (Å²) < 4.78 is 31.3. The molecule has 1 aromatic heterocycles. The van der Waals surface area contributed by atoms with Crippen LogP contribution >= 0.6 is 0 Å². The van der Waals surface area contributed by atoms with Gasteiger partial charge >= 0.3 is 12.6 Å². The number of likely N-dealkylation sites (tertiary alicyclic amines) is 1. The van der Waals surface area contributed by atoms with E-state index in [-0.39, 0.29) is 36.6 Å². The van der Waals surface area contributed by atoms with Gasteiger partial charge in [0.15, 0.2) is 5.82 Å². The van der Waals surface area contributed by atoms with Gasteiger partial charge in [-0.15, -0.1) is 10.2 Å². The lowest BCUT2D eigenvalue weighted by molar-refractivity contribution is -0.0429. The highest BCUT2D eigenvalue weighted by Crippen LogP contribution is 2.40. The number of aliphatic hydroxyl groups is 1. The van der Waals surface area contributed by atoms with Crippen LogP contribution < -0.4 is 0 Å². The van der Waals surface area contributed by atoms with Crippen LogP contribution in [0.5, 0.6) is 0 Å². The molecule has 1 aliphatic heterocycles. The van der Waals surface area contributed by atoms with E-state index in [0.29, 0.717) is 5.56 Å². The van der Waals surface area contributed by atoms with Crippen molar-refractivity contribution in [2.45, 2.75) is 57.3 Å². The van der Waals surface area contributed by atoms with E-state index in [1.165, 1.54) is 4.90 Å². The molecule has 1 atom stereocenters. The number of aromatic nitrogens is 4. The topological polar surface area (TPSA) is 93.4 Å². The molecule has 8 nitrogen and oxygen atoms in total. The monoisotopic (exact) mass is 409 g/mol. The zero-order chi connectivity index (χ0) is 21.2. The summed E-state index contributed by atoms with van der Waals surface area (Å²) in [5.41, 5.74) is -1.25. The minimum absolute atomic E-state index is 0.0183. The summed E-state index contributed by atoms with van der Waals surface area (Å²) in [4.78, 5) is 14.1. The number of tetrazole rings is 1. The number of carbonyl (C=O) groups excluding carboxylic acids is 1. The highest BCUT2D eigenvalue weighted by Gasteiger charge is 2.45. The van der Waals surface area contributed by atoms with Crippen LogP contribution in [-0.4, -0.2) is 60.6 Å². The standard InChI is InChI=1S/C19H25F2N5O3/c1-18(2,3)29-17(27)25-11-9-19(28,10-12-25)14(13-7-5-4-6-8-13)15-22-24-26(23-15)16(20)21/h4-8,14,16,28H,9-12H2,1-3H3. The molecule has 1 amide bonds. The lowest BCUT2D eigenvalue weighted by atomic mass is 9.75. The predicted octanol–water partition coefficient (Wildman–Crippen LogP) is 2.96. The lowest BCUT2D eigenvalue weighted by Crippen LogP contribution is -2.51. The number of piperidine rings is 1. The fourth-order valence-corrected chi connectivity index (χ4v) is 3.47. The highest BCUT2D eigenvalue weighted by atomic mass is 19.3. The second-order valence-electron chi connectivity index (χ2n) is 8.16. The van der Waals surface area contributed by atoms with Crippen molar-refractivity contribution in [3.05, 3.63) is 41.7 Å². The molecule has 3 rings (SSSR count). The van der Waals surface area contributed by atoms with Crippen LogP contribution in [0, 0.1) is 0 Å². The number of hydrogen-bond donors (Lipinski definition) is 1. The maximum atomic E-state index is 12.9. The van der Waals surface area contributed by atoms with E-state index in [1.54, 1.807) is 45.0 Å². The molecule has 0 spiro atoms. The lowest BCUT2D eigenvalue weighted by Gasteiger charge is -2.42. The van der Waals surface area contributed by atoms with Crippen LogP contribution in [0.1, 0.15) is 57.5 Å². The number of halogens is 2. The number of carbonyl (C=O) groups is 1. The largest absolute Gasteiger partial charge is 0.444 e. The molecule has 1 aliphatic rings. The summed E-state index contributed by atoms with van der Waals surface area (Å²) in [6, 6.07) is 8.97. The van der Waals surface area contributed by atoms with Gasteiger partial charge in [-0.25, -0.2) is 4.79 Å². The summed E-state index contributed by atoms with van der Waals surface area (Å²) in [5.74, 6) is -0.735. The number of ether oxygens (including phenoxy) is 1. The van der Waals surface area contributed by atoms with Crippen LogP contribution in [0.4, 0.5) is 13.6 Å². The van der Waals surface area contributed by atoms with Crippen LogP contribution in [-0.2, 0) is 4.74 Å². The Morgan fingerprint density at radius 3 is 2.34 bits per heavy atom. The zero-order valence-corrected chi connectivity index (χ0v) is 16.6. The molecular formula is C19H25F2N5O3. The van der Waals surface area contributed by atoms with Crippen molar-refractivity contribution in [3.8, 4) is 0 Å². The second-order valence-corrected chi connectivity index (χ2v) is 8.16. The smallest absolute Gasteiger partial charge is 0.410 e. The van der Waals surface area contributed by atoms with Crippen molar-refractivity contribution in [2.75, 3.05) is 13.1 Å². The third kappa shape index (κ3) is 4.87. The molecule has 1 fully saturated rings. The van der Waals surface area contributed by atoms with Gasteiger partial charge in [-0.1, -0.05) is 35.1 Å². The first-order valence-corrected chi connectivity index (χ1v) is 9.42. The molecule has 2 aromatic rings. The molecule has 29 heavy (non-hydrogen) atoms. The van der Waals surface area contributed by atoms with Gasteiger partial charge in [-0.3, -0.25) is 0 Å². The van der Waals surface area contributed by atoms with Gasteiger partial charge in [-0.05, 0) is 44.4 Å². The summed E-state index contributed by atoms with van der Waals surface area (Å²) >= 11 is 0. The SMILES string of the molecule is CC(C)(C)OC(=O)N1CCC(O)(C(c2ccccc2)c2nnn(C(F)F)n2)CC1. The fourth-order valence-electron chi connectivity index (χ4n) is 3.47. The average molecular weight is 409 g/mol. The minimum atomic E-state index is -2.92. The molecule has 1 aromatic carbocycles. The van der Waals surface area contributed by atoms with Gasteiger partial charge in [0, 0.05) is 13.1 Å². The maximum absolute atomic E-state index is 12.9. The molecule has 0 saturated carbocycles. The Morgan fingerprint density at radius 1 is 1.21 bits per heavy atom. The van der Waals surface area contributed by atoms with E-state index in [1.807, 2.05) is 6.07 Å². The van der Waals surface area contributed by atoms with E-state index in [2.05, 4.69) is 15.4 Å². The van der Waals surface area contributed by atoms with Crippen LogP contribution in [0.25, 0.3) is 0 Å². The van der Waals surface area contributed by atoms with Crippen LogP contribution in [0.2, 0.25) is 0 Å². The van der Waals surface area contributed by atoms with E-state index in [4.69, 9.17) is 4.74 Å². The van der Waals surface area contributed by atoms with Crippen molar-refractivity contribution in [2.24, 2.45) is 0 Å². The summed E-state index contributed by atoms with van der Waals surface area (Å²) in [6.07, 6.45) is -0.0121. The van der Waals surface area contributed by atoms with Crippen molar-refractivity contribution < 1.29 is 23.4 Å². The van der Waals surface area contributed by atoms with Gasteiger partial charge in [0.2, 0.25) is 0 Å². The first-order chi connectivity index (χ1) is 13.6. The molecule has 10 heteroatoms. The Morgan fingerprint density at radius 2 is 1.83 bits per heavy atom. The average Bonchev–Trinajstić information content (AvgIpc) is 3.11. The van der Waals surface area contributed by atoms with E-state index in [0.717, 1.165) is 0 Å². The number of rotatable bonds is 4. The molecule has 2 heterocycles. The van der Waals surface area contributed by atoms with Gasteiger partial charge in [0.05, 0.1) is 11.5 Å². The number of amides is 1. The molecule has 1 N–H and O–H groups in total. The highest BCUT2D eigenvalue weighted by molar-refractivity contribution is 5.68. The maximum Gasteiger partial charge on any atom is 0.410 e. The van der Waals surface area contributed by atoms with Gasteiger partial charge in [-0.2, -0.15) is 8.78 Å². The first kappa shape index (κ1) is 21.1. The summed E-state index contributed by atoms with van der Waals surface area (Å²) in [5, 5.41) is 22.4. The van der Waals surface area contributed by atoms with E-state index < -0.39 is 29.8 Å². The van der Waals surface area contributed by atoms with Crippen LogP contribution in [0.3, 0.4) is 0 Å². The third-order valence-electron chi connectivity index (χ3n) is 4.83. The number of nitrogens with zero attached hydrogens (tertiary/aromatic N) is 5. The molecule has 0 aliphatic carbocycles. The molecule has 0 bridgehead atoms. The van der Waals surface area contributed by atoms with Crippen molar-refractivity contribution >= 4 is 6.09 Å². The number of hydrogen-bond acceptors (Lipinski definition) is 6. The predicted molar refractivity (Wildman–Crippen MR) is 99.3 cm³/mol. The van der Waals surface area contributed by atoms with Crippen molar-refractivity contribution in [1.29, 1.82) is 0 Å². The molecule has 0 radical (unpaired) electrons. The van der Waals surface area contributed by atoms with E-state index in [9.17, 15) is 18.7 Å². The van der Waals surface area contributed by atoms with E-state index >= 15 is 0 Å². The van der Waals surface area contributed by atoms with Gasteiger partial charge < -0.3 is 14.7 Å². The third-order valence-corrected chi connectivity index (χ3v) is 4.83. The van der Waals surface area contributed by atoms with Gasteiger partial charge in [0.25, 0.3) is 0 Å². The van der Waals surface area contributed by atoms with Crippen LogP contribution in [0.15, 0.2) is 30.3 Å².